The van der Waals surface area contributed by atoms with E-state index in [1.807, 2.05) is 13.8 Å². The lowest BCUT2D eigenvalue weighted by atomic mass is 10.1. The van der Waals surface area contributed by atoms with Crippen molar-refractivity contribution < 1.29 is 18.3 Å². The number of carboxylic acid groups (broad SMARTS) is 1. The van der Waals surface area contributed by atoms with Crippen molar-refractivity contribution in [1.82, 2.24) is 9.78 Å². The minimum absolute atomic E-state index is 0.0651. The zero-order chi connectivity index (χ0) is 16.5. The van der Waals surface area contributed by atoms with Gasteiger partial charge in [-0.05, 0) is 38.5 Å². The van der Waals surface area contributed by atoms with Crippen LogP contribution < -0.4 is 4.72 Å². The molecule has 0 radical (unpaired) electrons. The van der Waals surface area contributed by atoms with E-state index < -0.39 is 16.0 Å². The summed E-state index contributed by atoms with van der Waals surface area (Å²) in [6.45, 7) is 5.45. The highest BCUT2D eigenvalue weighted by Gasteiger charge is 2.20. The van der Waals surface area contributed by atoms with E-state index in [2.05, 4.69) is 9.82 Å². The van der Waals surface area contributed by atoms with E-state index in [9.17, 15) is 13.2 Å². The fraction of sp³-hybridized carbons (Fsp3) is 0.286. The van der Waals surface area contributed by atoms with Crippen LogP contribution in [0.5, 0.6) is 0 Å². The van der Waals surface area contributed by atoms with E-state index >= 15 is 0 Å². The van der Waals surface area contributed by atoms with E-state index in [0.29, 0.717) is 11.3 Å². The molecule has 1 aromatic carbocycles. The van der Waals surface area contributed by atoms with E-state index in [-0.39, 0.29) is 16.5 Å². The van der Waals surface area contributed by atoms with E-state index in [0.717, 1.165) is 6.07 Å². The van der Waals surface area contributed by atoms with Crippen LogP contribution in [0.15, 0.2) is 35.5 Å². The highest BCUT2D eigenvalue weighted by Crippen LogP contribution is 2.21. The van der Waals surface area contributed by atoms with Crippen molar-refractivity contribution in [3.8, 4) is 0 Å². The van der Waals surface area contributed by atoms with Crippen LogP contribution in [0.25, 0.3) is 0 Å². The summed E-state index contributed by atoms with van der Waals surface area (Å²) >= 11 is 0. The molecule has 0 bridgehead atoms. The predicted molar refractivity (Wildman–Crippen MR) is 81.6 cm³/mol. The molecule has 0 saturated carbocycles. The number of rotatable bonds is 5. The number of carbonyl (C=O) groups is 1. The first-order valence-electron chi connectivity index (χ1n) is 6.61. The van der Waals surface area contributed by atoms with Crippen LogP contribution in [0.1, 0.15) is 35.8 Å². The summed E-state index contributed by atoms with van der Waals surface area (Å²) in [6.07, 6.45) is 2.99. The number of anilines is 1. The van der Waals surface area contributed by atoms with Gasteiger partial charge in [0.1, 0.15) is 0 Å². The molecule has 1 heterocycles. The quantitative estimate of drug-likeness (QED) is 0.879. The molecule has 1 aromatic heterocycles. The van der Waals surface area contributed by atoms with Crippen LogP contribution >= 0.6 is 0 Å². The minimum Gasteiger partial charge on any atom is -0.478 e. The monoisotopic (exact) mass is 323 g/mol. The number of aromatic nitrogens is 2. The second-order valence-corrected chi connectivity index (χ2v) is 6.84. The van der Waals surface area contributed by atoms with Gasteiger partial charge >= 0.3 is 5.97 Å². The Balaban J connectivity index is 2.37. The molecule has 0 spiro atoms. The summed E-state index contributed by atoms with van der Waals surface area (Å²) in [5, 5.41) is 13.0. The first-order chi connectivity index (χ1) is 10.2. The molecule has 0 fully saturated rings. The molecule has 8 heteroatoms. The predicted octanol–water partition coefficient (Wildman–Crippen LogP) is 2.27. The molecule has 7 nitrogen and oxygen atoms in total. The zero-order valence-corrected chi connectivity index (χ0v) is 13.3. The number of aromatic carboxylic acids is 1. The standard InChI is InChI=1S/C14H17N3O4S/c1-9(2)17-8-12(7-15-17)16-22(20,21)13-6-11(14(18)19)5-4-10(13)3/h4-9,16H,1-3H3,(H,18,19). The summed E-state index contributed by atoms with van der Waals surface area (Å²) in [7, 11) is -3.88. The van der Waals surface area contributed by atoms with Crippen LogP contribution in [0.2, 0.25) is 0 Å². The molecule has 0 unspecified atom stereocenters. The van der Waals surface area contributed by atoms with Gasteiger partial charge in [-0.2, -0.15) is 5.10 Å². The Morgan fingerprint density at radius 3 is 2.59 bits per heavy atom. The molecule has 0 aliphatic carbocycles. The van der Waals surface area contributed by atoms with Crippen LogP contribution in [-0.4, -0.2) is 29.3 Å². The lowest BCUT2D eigenvalue weighted by Gasteiger charge is -2.10. The van der Waals surface area contributed by atoms with E-state index in [1.165, 1.54) is 18.3 Å². The van der Waals surface area contributed by atoms with Gasteiger partial charge in [-0.15, -0.1) is 0 Å². The van der Waals surface area contributed by atoms with Gasteiger partial charge in [0.2, 0.25) is 0 Å². The van der Waals surface area contributed by atoms with E-state index in [1.54, 1.807) is 17.8 Å². The first kappa shape index (κ1) is 16.0. The number of hydrogen-bond acceptors (Lipinski definition) is 4. The summed E-state index contributed by atoms with van der Waals surface area (Å²) < 4.78 is 28.9. The van der Waals surface area contributed by atoms with Crippen molar-refractivity contribution in [2.45, 2.75) is 31.7 Å². The van der Waals surface area contributed by atoms with Crippen molar-refractivity contribution in [1.29, 1.82) is 0 Å². The molecular formula is C14H17N3O4S. The maximum atomic E-state index is 12.4. The topological polar surface area (TPSA) is 101 Å². The van der Waals surface area contributed by atoms with Gasteiger partial charge in [0.25, 0.3) is 10.0 Å². The third-order valence-corrected chi connectivity index (χ3v) is 4.63. The number of benzene rings is 1. The van der Waals surface area contributed by atoms with Crippen molar-refractivity contribution in [2.75, 3.05) is 4.72 Å². The van der Waals surface area contributed by atoms with Crippen LogP contribution in [-0.2, 0) is 10.0 Å². The Morgan fingerprint density at radius 2 is 2.05 bits per heavy atom. The van der Waals surface area contributed by atoms with Crippen molar-refractivity contribution in [3.05, 3.63) is 41.7 Å². The molecule has 2 rings (SSSR count). The Bertz CT molecular complexity index is 809. The average molecular weight is 323 g/mol. The first-order valence-corrected chi connectivity index (χ1v) is 8.10. The average Bonchev–Trinajstić information content (AvgIpc) is 2.86. The summed E-state index contributed by atoms with van der Waals surface area (Å²) in [6, 6.07) is 4.09. The smallest absolute Gasteiger partial charge is 0.335 e. The number of carboxylic acids is 1. The van der Waals surface area contributed by atoms with Gasteiger partial charge in [-0.3, -0.25) is 9.40 Å². The van der Waals surface area contributed by atoms with Crippen molar-refractivity contribution in [3.63, 3.8) is 0 Å². The van der Waals surface area contributed by atoms with Gasteiger partial charge in [0.15, 0.2) is 0 Å². The zero-order valence-electron chi connectivity index (χ0n) is 12.4. The van der Waals surface area contributed by atoms with Crippen LogP contribution in [0, 0.1) is 6.92 Å². The molecule has 0 saturated heterocycles. The fourth-order valence-corrected chi connectivity index (χ4v) is 3.21. The van der Waals surface area contributed by atoms with Gasteiger partial charge in [0.05, 0.1) is 22.3 Å². The SMILES string of the molecule is Cc1ccc(C(=O)O)cc1S(=O)(=O)Nc1cnn(C(C)C)c1. The maximum Gasteiger partial charge on any atom is 0.335 e. The van der Waals surface area contributed by atoms with Crippen LogP contribution in [0.4, 0.5) is 5.69 Å². The largest absolute Gasteiger partial charge is 0.478 e. The van der Waals surface area contributed by atoms with Crippen molar-refractivity contribution >= 4 is 21.7 Å². The molecule has 2 N–H and O–H groups in total. The van der Waals surface area contributed by atoms with E-state index in [4.69, 9.17) is 5.11 Å². The molecule has 2 aromatic rings. The number of aryl methyl sites for hydroxylation is 1. The second-order valence-electron chi connectivity index (χ2n) is 5.19. The molecule has 118 valence electrons. The maximum absolute atomic E-state index is 12.4. The number of hydrogen-bond donors (Lipinski definition) is 2. The van der Waals surface area contributed by atoms with Gasteiger partial charge in [-0.1, -0.05) is 6.07 Å². The highest BCUT2D eigenvalue weighted by atomic mass is 32.2. The fourth-order valence-electron chi connectivity index (χ4n) is 1.91. The second kappa shape index (κ2) is 5.80. The molecule has 22 heavy (non-hydrogen) atoms. The molecular weight excluding hydrogens is 306 g/mol. The highest BCUT2D eigenvalue weighted by molar-refractivity contribution is 7.92. The molecule has 0 atom stereocenters. The third-order valence-electron chi connectivity index (χ3n) is 3.11. The Labute approximate surface area is 128 Å². The number of nitrogens with zero attached hydrogens (tertiary/aromatic N) is 2. The summed E-state index contributed by atoms with van der Waals surface area (Å²) in [5.74, 6) is -1.18. The summed E-state index contributed by atoms with van der Waals surface area (Å²) in [5.41, 5.74) is 0.714. The van der Waals surface area contributed by atoms with Crippen LogP contribution in [0.3, 0.4) is 0 Å². The number of nitrogens with one attached hydrogen (secondary N) is 1. The lowest BCUT2D eigenvalue weighted by molar-refractivity contribution is 0.0696. The number of sulfonamides is 1. The normalized spacial score (nSPS) is 11.6. The molecule has 0 amide bonds. The molecule has 0 aliphatic rings. The van der Waals surface area contributed by atoms with Gasteiger partial charge in [-0.25, -0.2) is 13.2 Å². The Kier molecular flexibility index (Phi) is 4.23. The summed E-state index contributed by atoms with van der Waals surface area (Å²) in [4.78, 5) is 10.9. The molecule has 0 aliphatic heterocycles. The van der Waals surface area contributed by atoms with Crippen molar-refractivity contribution in [2.24, 2.45) is 0 Å². The van der Waals surface area contributed by atoms with Gasteiger partial charge < -0.3 is 5.11 Å². The minimum atomic E-state index is -3.88. The Morgan fingerprint density at radius 1 is 1.36 bits per heavy atom. The third kappa shape index (κ3) is 3.28. The lowest BCUT2D eigenvalue weighted by Crippen LogP contribution is -2.15. The Hall–Kier alpha value is -2.35. The van der Waals surface area contributed by atoms with Gasteiger partial charge in [0, 0.05) is 12.2 Å².